The first kappa shape index (κ1) is 21.2. The second kappa shape index (κ2) is 14.5. The second-order valence-corrected chi connectivity index (χ2v) is 6.24. The van der Waals surface area contributed by atoms with E-state index >= 15 is 0 Å². The monoisotopic (exact) mass is 347 g/mol. The van der Waals surface area contributed by atoms with Crippen LogP contribution in [0.4, 0.5) is 0 Å². The third kappa shape index (κ3) is 10.6. The van der Waals surface area contributed by atoms with Crippen molar-refractivity contribution in [1.29, 1.82) is 0 Å². The second-order valence-electron chi connectivity index (χ2n) is 6.24. The summed E-state index contributed by atoms with van der Waals surface area (Å²) in [6.45, 7) is 4.68. The van der Waals surface area contributed by atoms with E-state index in [2.05, 4.69) is 12.1 Å². The first-order valence-corrected chi connectivity index (χ1v) is 9.74. The van der Waals surface area contributed by atoms with E-state index in [4.69, 9.17) is 9.57 Å². The number of hydrogen-bond acceptors (Lipinski definition) is 4. The average molecular weight is 347 g/mol. The maximum absolute atomic E-state index is 11.9. The molecule has 1 rings (SSSR count). The quantitative estimate of drug-likeness (QED) is 0.142. The fourth-order valence-corrected chi connectivity index (χ4v) is 2.62. The Bertz CT molecular complexity index is 485. The van der Waals surface area contributed by atoms with Crippen LogP contribution in [0.2, 0.25) is 0 Å². The highest BCUT2D eigenvalue weighted by atomic mass is 16.7. The molecule has 0 aliphatic rings. The predicted octanol–water partition coefficient (Wildman–Crippen LogP) is 6.11. The van der Waals surface area contributed by atoms with Crippen molar-refractivity contribution in [3.63, 3.8) is 0 Å². The predicted molar refractivity (Wildman–Crippen MR) is 103 cm³/mol. The van der Waals surface area contributed by atoms with Crippen molar-refractivity contribution < 1.29 is 14.4 Å². The summed E-state index contributed by atoms with van der Waals surface area (Å²) in [6.07, 6.45) is 12.1. The Kier molecular flexibility index (Phi) is 12.3. The van der Waals surface area contributed by atoms with E-state index in [9.17, 15) is 4.79 Å². The minimum absolute atomic E-state index is 0.454. The van der Waals surface area contributed by atoms with E-state index in [0.717, 1.165) is 12.8 Å². The van der Waals surface area contributed by atoms with Crippen LogP contribution < -0.4 is 0 Å². The third-order valence-electron chi connectivity index (χ3n) is 4.05. The van der Waals surface area contributed by atoms with Crippen molar-refractivity contribution in [2.45, 2.75) is 78.1 Å². The molecule has 0 aliphatic heterocycles. The van der Waals surface area contributed by atoms with E-state index in [1.165, 1.54) is 44.9 Å². The number of carbonyl (C=O) groups excluding carboxylic acids is 1. The molecular formula is C21H33NO3. The lowest BCUT2D eigenvalue weighted by atomic mass is 10.1. The summed E-state index contributed by atoms with van der Waals surface area (Å²) < 4.78 is 5.47. The molecule has 140 valence electrons. The van der Waals surface area contributed by atoms with Gasteiger partial charge in [-0.3, -0.25) is 0 Å². The molecule has 0 fully saturated rings. The van der Waals surface area contributed by atoms with Gasteiger partial charge in [-0.2, -0.15) is 0 Å². The summed E-state index contributed by atoms with van der Waals surface area (Å²) in [7, 11) is 0. The Balaban J connectivity index is 2.21. The maximum atomic E-state index is 11.9. The highest BCUT2D eigenvalue weighted by Gasteiger charge is 2.08. The average Bonchev–Trinajstić information content (AvgIpc) is 2.65. The van der Waals surface area contributed by atoms with E-state index in [0.29, 0.717) is 24.5 Å². The van der Waals surface area contributed by atoms with Crippen molar-refractivity contribution >= 4 is 11.9 Å². The minimum Gasteiger partial charge on any atom is -0.479 e. The number of unbranched alkanes of at least 4 members (excludes halogenated alkanes) is 8. The van der Waals surface area contributed by atoms with Gasteiger partial charge in [0, 0.05) is 6.42 Å². The lowest BCUT2D eigenvalue weighted by Crippen LogP contribution is -2.08. The SMILES string of the molecule is CCCCCCCCCCCC(=NOC(=O)c1ccccc1)OCC. The van der Waals surface area contributed by atoms with Crippen molar-refractivity contribution in [2.75, 3.05) is 6.61 Å². The molecule has 0 N–H and O–H groups in total. The van der Waals surface area contributed by atoms with Crippen LogP contribution in [0.5, 0.6) is 0 Å². The summed E-state index contributed by atoms with van der Waals surface area (Å²) in [5.41, 5.74) is 0.491. The molecule has 1 aromatic carbocycles. The van der Waals surface area contributed by atoms with E-state index in [-0.39, 0.29) is 0 Å². The fourth-order valence-electron chi connectivity index (χ4n) is 2.62. The van der Waals surface area contributed by atoms with E-state index in [1.54, 1.807) is 24.3 Å². The highest BCUT2D eigenvalue weighted by molar-refractivity contribution is 5.89. The first-order valence-electron chi connectivity index (χ1n) is 9.74. The van der Waals surface area contributed by atoms with Crippen LogP contribution in [0.1, 0.15) is 88.4 Å². The van der Waals surface area contributed by atoms with Gasteiger partial charge in [0.2, 0.25) is 5.90 Å². The Morgan fingerprint density at radius 1 is 0.880 bits per heavy atom. The molecule has 0 saturated carbocycles. The van der Waals surface area contributed by atoms with Crippen LogP contribution in [0.3, 0.4) is 0 Å². The largest absolute Gasteiger partial charge is 0.479 e. The number of carbonyl (C=O) groups is 1. The summed E-state index contributed by atoms with van der Waals surface area (Å²) in [5, 5.41) is 3.90. The molecular weight excluding hydrogens is 314 g/mol. The van der Waals surface area contributed by atoms with E-state index < -0.39 is 5.97 Å². The van der Waals surface area contributed by atoms with Gasteiger partial charge < -0.3 is 9.57 Å². The smallest absolute Gasteiger partial charge is 0.365 e. The normalized spacial score (nSPS) is 11.4. The van der Waals surface area contributed by atoms with Gasteiger partial charge in [0.15, 0.2) is 0 Å². The lowest BCUT2D eigenvalue weighted by molar-refractivity contribution is 0.0499. The van der Waals surface area contributed by atoms with Gasteiger partial charge in [0.1, 0.15) is 0 Å². The molecule has 0 amide bonds. The minimum atomic E-state index is -0.454. The fraction of sp³-hybridized carbons (Fsp3) is 0.619. The van der Waals surface area contributed by atoms with Crippen LogP contribution in [0.25, 0.3) is 0 Å². The van der Waals surface area contributed by atoms with Gasteiger partial charge in [0.05, 0.1) is 12.2 Å². The number of nitrogens with zero attached hydrogens (tertiary/aromatic N) is 1. The van der Waals surface area contributed by atoms with Crippen molar-refractivity contribution in [3.05, 3.63) is 35.9 Å². The van der Waals surface area contributed by atoms with Crippen LogP contribution in [-0.2, 0) is 9.57 Å². The number of rotatable bonds is 13. The molecule has 0 heterocycles. The van der Waals surface area contributed by atoms with Gasteiger partial charge in [-0.1, -0.05) is 76.5 Å². The first-order chi connectivity index (χ1) is 12.3. The summed E-state index contributed by atoms with van der Waals surface area (Å²) in [4.78, 5) is 16.9. The zero-order chi connectivity index (χ0) is 18.2. The molecule has 0 spiro atoms. The highest BCUT2D eigenvalue weighted by Crippen LogP contribution is 2.11. The summed E-state index contributed by atoms with van der Waals surface area (Å²) in [5.74, 6) is 0.0552. The van der Waals surface area contributed by atoms with Crippen LogP contribution in [0, 0.1) is 0 Å². The van der Waals surface area contributed by atoms with Crippen molar-refractivity contribution in [2.24, 2.45) is 5.16 Å². The van der Waals surface area contributed by atoms with Crippen LogP contribution in [0.15, 0.2) is 35.5 Å². The molecule has 0 saturated heterocycles. The summed E-state index contributed by atoms with van der Waals surface area (Å²) in [6, 6.07) is 8.87. The Hall–Kier alpha value is -1.84. The molecule has 25 heavy (non-hydrogen) atoms. The molecule has 0 radical (unpaired) electrons. The molecule has 0 bridgehead atoms. The zero-order valence-electron chi connectivity index (χ0n) is 15.8. The molecule has 1 aromatic rings. The number of oxime groups is 1. The zero-order valence-corrected chi connectivity index (χ0v) is 15.8. The molecule has 0 aliphatic carbocycles. The molecule has 0 unspecified atom stereocenters. The maximum Gasteiger partial charge on any atom is 0.365 e. The number of benzene rings is 1. The topological polar surface area (TPSA) is 47.9 Å². The Morgan fingerprint density at radius 3 is 2.08 bits per heavy atom. The van der Waals surface area contributed by atoms with Gasteiger partial charge in [-0.15, -0.1) is 0 Å². The van der Waals surface area contributed by atoms with Gasteiger partial charge in [0.25, 0.3) is 0 Å². The van der Waals surface area contributed by atoms with Crippen molar-refractivity contribution in [1.82, 2.24) is 0 Å². The van der Waals surface area contributed by atoms with Crippen molar-refractivity contribution in [3.8, 4) is 0 Å². The number of hydrogen-bond donors (Lipinski definition) is 0. The standard InChI is InChI=1S/C21H33NO3/c1-3-5-6-7-8-9-10-11-15-18-20(24-4-2)22-25-21(23)19-16-13-12-14-17-19/h12-14,16-17H,3-11,15,18H2,1-2H3. The third-order valence-corrected chi connectivity index (χ3v) is 4.05. The van der Waals surface area contributed by atoms with Crippen LogP contribution >= 0.6 is 0 Å². The van der Waals surface area contributed by atoms with Crippen LogP contribution in [-0.4, -0.2) is 18.5 Å². The molecule has 4 nitrogen and oxygen atoms in total. The number of ether oxygens (including phenoxy) is 1. The molecule has 0 aromatic heterocycles. The summed E-state index contributed by atoms with van der Waals surface area (Å²) >= 11 is 0. The molecule has 0 atom stereocenters. The van der Waals surface area contributed by atoms with Gasteiger partial charge in [-0.25, -0.2) is 4.79 Å². The van der Waals surface area contributed by atoms with Gasteiger partial charge in [-0.05, 0) is 30.6 Å². The van der Waals surface area contributed by atoms with Gasteiger partial charge >= 0.3 is 5.97 Å². The lowest BCUT2D eigenvalue weighted by Gasteiger charge is -2.07. The Morgan fingerprint density at radius 2 is 1.48 bits per heavy atom. The van der Waals surface area contributed by atoms with E-state index in [1.807, 2.05) is 13.0 Å². The molecule has 4 heteroatoms. The Labute approximate surface area is 152 Å².